The van der Waals surface area contributed by atoms with E-state index in [-0.39, 0.29) is 5.91 Å². The number of amides is 1. The third-order valence-corrected chi connectivity index (χ3v) is 5.43. The molecule has 1 amide bonds. The lowest BCUT2D eigenvalue weighted by molar-refractivity contribution is -0.132. The fourth-order valence-electron chi connectivity index (χ4n) is 3.65. The quantitative estimate of drug-likeness (QED) is 0.651. The summed E-state index contributed by atoms with van der Waals surface area (Å²) in [4.78, 5) is 24.1. The zero-order valence-corrected chi connectivity index (χ0v) is 17.3. The molecule has 0 spiro atoms. The van der Waals surface area contributed by atoms with Crippen LogP contribution in [0.4, 0.5) is 0 Å². The zero-order chi connectivity index (χ0) is 21.8. The standard InChI is InChI=1S/C23H24N4O4/c1-27-19-12-17(7-8-20(19)31-23(27)29)16-5-3-15(4-6-16)11-18(13-24)26-22(28)21-14-25-9-2-10-30-21/h3-8,12,18,21,25H,2,9-11,14H2,1H3,(H,26,28)/t18-,21+/m0/s1. The van der Waals surface area contributed by atoms with Gasteiger partial charge in [-0.3, -0.25) is 9.36 Å². The fraction of sp³-hybridized carbons (Fsp3) is 0.348. The molecule has 3 aromatic rings. The smallest absolute Gasteiger partial charge is 0.408 e. The van der Waals surface area contributed by atoms with Crippen LogP contribution in [-0.2, 0) is 23.0 Å². The highest BCUT2D eigenvalue weighted by Crippen LogP contribution is 2.24. The Morgan fingerprint density at radius 1 is 1.29 bits per heavy atom. The second-order valence-electron chi connectivity index (χ2n) is 7.62. The summed E-state index contributed by atoms with van der Waals surface area (Å²) in [5, 5.41) is 15.4. The van der Waals surface area contributed by atoms with Gasteiger partial charge in [-0.1, -0.05) is 30.3 Å². The van der Waals surface area contributed by atoms with E-state index in [4.69, 9.17) is 9.15 Å². The number of carbonyl (C=O) groups excluding carboxylic acids is 1. The number of aromatic nitrogens is 1. The molecule has 0 unspecified atom stereocenters. The van der Waals surface area contributed by atoms with Crippen LogP contribution in [0.2, 0.25) is 0 Å². The largest absolute Gasteiger partial charge is 0.419 e. The van der Waals surface area contributed by atoms with Crippen LogP contribution in [0, 0.1) is 11.3 Å². The molecule has 1 aromatic heterocycles. The number of carbonyl (C=O) groups is 1. The molecule has 0 saturated carbocycles. The molecule has 0 radical (unpaired) electrons. The molecule has 8 nitrogen and oxygen atoms in total. The van der Waals surface area contributed by atoms with Crippen LogP contribution in [0.1, 0.15) is 12.0 Å². The number of ether oxygens (including phenoxy) is 1. The average molecular weight is 420 g/mol. The van der Waals surface area contributed by atoms with Crippen molar-refractivity contribution in [2.24, 2.45) is 7.05 Å². The molecule has 0 bridgehead atoms. The third kappa shape index (κ3) is 4.68. The van der Waals surface area contributed by atoms with Gasteiger partial charge in [0, 0.05) is 26.6 Å². The van der Waals surface area contributed by atoms with Gasteiger partial charge >= 0.3 is 5.76 Å². The number of nitrogens with zero attached hydrogens (tertiary/aromatic N) is 2. The predicted molar refractivity (Wildman–Crippen MR) is 115 cm³/mol. The number of fused-ring (bicyclic) bond motifs is 1. The number of hydrogen-bond donors (Lipinski definition) is 2. The van der Waals surface area contributed by atoms with Gasteiger partial charge in [0.1, 0.15) is 12.1 Å². The maximum absolute atomic E-state index is 12.4. The molecule has 1 fully saturated rings. The van der Waals surface area contributed by atoms with Gasteiger partial charge < -0.3 is 19.8 Å². The Morgan fingerprint density at radius 2 is 2.06 bits per heavy atom. The molecule has 31 heavy (non-hydrogen) atoms. The van der Waals surface area contributed by atoms with Crippen molar-refractivity contribution in [3.05, 3.63) is 58.6 Å². The SMILES string of the molecule is Cn1c(=O)oc2ccc(-c3ccc(C[C@@H](C#N)NC(=O)[C@H]4CNCCCO4)cc3)cc21. The lowest BCUT2D eigenvalue weighted by Gasteiger charge is -2.18. The summed E-state index contributed by atoms with van der Waals surface area (Å²) in [7, 11) is 1.67. The summed E-state index contributed by atoms with van der Waals surface area (Å²) >= 11 is 0. The van der Waals surface area contributed by atoms with Crippen LogP contribution in [-0.4, -0.2) is 42.3 Å². The topological polar surface area (TPSA) is 109 Å². The number of rotatable bonds is 5. The fourth-order valence-corrected chi connectivity index (χ4v) is 3.65. The monoisotopic (exact) mass is 420 g/mol. The first-order valence-electron chi connectivity index (χ1n) is 10.3. The number of aryl methyl sites for hydroxylation is 1. The van der Waals surface area contributed by atoms with Crippen molar-refractivity contribution in [3.8, 4) is 17.2 Å². The van der Waals surface area contributed by atoms with Gasteiger partial charge in [0.2, 0.25) is 0 Å². The summed E-state index contributed by atoms with van der Waals surface area (Å²) < 4.78 is 12.2. The number of hydrogen-bond acceptors (Lipinski definition) is 6. The summed E-state index contributed by atoms with van der Waals surface area (Å²) in [5.74, 6) is -0.659. The lowest BCUT2D eigenvalue weighted by Crippen LogP contribution is -2.46. The molecular formula is C23H24N4O4. The minimum absolute atomic E-state index is 0.267. The van der Waals surface area contributed by atoms with Gasteiger partial charge in [0.25, 0.3) is 5.91 Å². The maximum atomic E-state index is 12.4. The van der Waals surface area contributed by atoms with E-state index in [1.54, 1.807) is 13.1 Å². The first kappa shape index (κ1) is 20.8. The van der Waals surface area contributed by atoms with E-state index < -0.39 is 17.9 Å². The van der Waals surface area contributed by atoms with Crippen LogP contribution in [0.15, 0.2) is 51.7 Å². The van der Waals surface area contributed by atoms with E-state index in [1.165, 1.54) is 4.57 Å². The van der Waals surface area contributed by atoms with Gasteiger partial charge in [-0.2, -0.15) is 5.26 Å². The highest BCUT2D eigenvalue weighted by Gasteiger charge is 2.23. The van der Waals surface area contributed by atoms with E-state index in [0.29, 0.717) is 25.2 Å². The molecule has 8 heteroatoms. The van der Waals surface area contributed by atoms with E-state index in [0.717, 1.165) is 35.2 Å². The summed E-state index contributed by atoms with van der Waals surface area (Å²) in [5.41, 5.74) is 4.16. The summed E-state index contributed by atoms with van der Waals surface area (Å²) in [6.45, 7) is 1.80. The van der Waals surface area contributed by atoms with Crippen molar-refractivity contribution in [3.63, 3.8) is 0 Å². The highest BCUT2D eigenvalue weighted by atomic mass is 16.5. The third-order valence-electron chi connectivity index (χ3n) is 5.43. The molecule has 160 valence electrons. The molecular weight excluding hydrogens is 396 g/mol. The van der Waals surface area contributed by atoms with Crippen molar-refractivity contribution < 1.29 is 13.9 Å². The molecule has 1 aliphatic heterocycles. The van der Waals surface area contributed by atoms with Gasteiger partial charge in [0.05, 0.1) is 11.6 Å². The van der Waals surface area contributed by atoms with Crippen molar-refractivity contribution >= 4 is 17.0 Å². The number of nitriles is 1. The maximum Gasteiger partial charge on any atom is 0.419 e. The minimum atomic E-state index is -0.637. The highest BCUT2D eigenvalue weighted by molar-refractivity contribution is 5.82. The van der Waals surface area contributed by atoms with Gasteiger partial charge in [-0.15, -0.1) is 0 Å². The van der Waals surface area contributed by atoms with Gasteiger partial charge in [-0.05, 0) is 41.8 Å². The van der Waals surface area contributed by atoms with Crippen LogP contribution in [0.3, 0.4) is 0 Å². The van der Waals surface area contributed by atoms with Gasteiger partial charge in [0.15, 0.2) is 5.58 Å². The normalized spacial score (nSPS) is 17.6. The zero-order valence-electron chi connectivity index (χ0n) is 17.3. The Hall–Kier alpha value is -3.41. The van der Waals surface area contributed by atoms with Crippen molar-refractivity contribution in [1.29, 1.82) is 5.26 Å². The molecule has 2 atom stereocenters. The first-order valence-corrected chi connectivity index (χ1v) is 10.3. The second kappa shape index (κ2) is 9.16. The molecule has 2 N–H and O–H groups in total. The Bertz CT molecular complexity index is 1160. The number of oxazole rings is 1. The first-order chi connectivity index (χ1) is 15.0. The predicted octanol–water partition coefficient (Wildman–Crippen LogP) is 1.73. The summed E-state index contributed by atoms with van der Waals surface area (Å²) in [6.07, 6.45) is 0.689. The molecule has 1 saturated heterocycles. The van der Waals surface area contributed by atoms with Crippen LogP contribution in [0.25, 0.3) is 22.2 Å². The Morgan fingerprint density at radius 3 is 2.84 bits per heavy atom. The average Bonchev–Trinajstić information content (AvgIpc) is 2.96. The van der Waals surface area contributed by atoms with E-state index >= 15 is 0 Å². The minimum Gasteiger partial charge on any atom is -0.408 e. The van der Waals surface area contributed by atoms with Gasteiger partial charge in [-0.25, -0.2) is 4.79 Å². The number of nitrogens with one attached hydrogen (secondary N) is 2. The second-order valence-corrected chi connectivity index (χ2v) is 7.62. The van der Waals surface area contributed by atoms with Crippen molar-refractivity contribution in [2.75, 3.05) is 19.7 Å². The van der Waals surface area contributed by atoms with Crippen molar-refractivity contribution in [2.45, 2.75) is 25.0 Å². The van der Waals surface area contributed by atoms with Crippen LogP contribution < -0.4 is 16.4 Å². The molecule has 0 aliphatic carbocycles. The summed E-state index contributed by atoms with van der Waals surface area (Å²) in [6, 6.07) is 14.9. The van der Waals surface area contributed by atoms with E-state index in [1.807, 2.05) is 36.4 Å². The Kier molecular flexibility index (Phi) is 6.16. The Labute approximate surface area is 179 Å². The number of benzene rings is 2. The van der Waals surface area contributed by atoms with E-state index in [9.17, 15) is 14.9 Å². The lowest BCUT2D eigenvalue weighted by atomic mass is 10.0. The molecule has 2 heterocycles. The molecule has 1 aliphatic rings. The van der Waals surface area contributed by atoms with Crippen LogP contribution >= 0.6 is 0 Å². The molecule has 4 rings (SSSR count). The van der Waals surface area contributed by atoms with E-state index in [2.05, 4.69) is 16.7 Å². The molecule has 2 aromatic carbocycles. The Balaban J connectivity index is 1.43. The van der Waals surface area contributed by atoms with Crippen LogP contribution in [0.5, 0.6) is 0 Å². The van der Waals surface area contributed by atoms with Crippen molar-refractivity contribution in [1.82, 2.24) is 15.2 Å².